The molecule has 1 saturated heterocycles. The first kappa shape index (κ1) is 14.9. The zero-order valence-electron chi connectivity index (χ0n) is 12.6. The summed E-state index contributed by atoms with van der Waals surface area (Å²) in [6.07, 6.45) is 5.70. The second-order valence-corrected chi connectivity index (χ2v) is 5.97. The van der Waals surface area contributed by atoms with Gasteiger partial charge in [0.25, 0.3) is 0 Å². The predicted octanol–water partition coefficient (Wildman–Crippen LogP) is 4.34. The van der Waals surface area contributed by atoms with Gasteiger partial charge in [-0.25, -0.2) is 0 Å². The van der Waals surface area contributed by atoms with Gasteiger partial charge in [0.15, 0.2) is 0 Å². The van der Waals surface area contributed by atoms with E-state index < -0.39 is 0 Å². The molecule has 0 saturated carbocycles. The summed E-state index contributed by atoms with van der Waals surface area (Å²) in [5.41, 5.74) is 2.38. The van der Waals surface area contributed by atoms with Crippen LogP contribution in [-0.4, -0.2) is 16.3 Å². The van der Waals surface area contributed by atoms with Gasteiger partial charge in [-0.3, -0.25) is 0 Å². The highest BCUT2D eigenvalue weighted by molar-refractivity contribution is 5.28. The van der Waals surface area contributed by atoms with E-state index in [-0.39, 0.29) is 12.2 Å². The van der Waals surface area contributed by atoms with Crippen LogP contribution in [0.1, 0.15) is 42.9 Å². The molecule has 0 radical (unpaired) electrons. The number of rotatable bonds is 4. The van der Waals surface area contributed by atoms with Gasteiger partial charge in [0.2, 0.25) is 0 Å². The molecule has 0 spiro atoms. The summed E-state index contributed by atoms with van der Waals surface area (Å²) in [6.45, 7) is 0. The van der Waals surface area contributed by atoms with Crippen LogP contribution >= 0.6 is 0 Å². The van der Waals surface area contributed by atoms with E-state index in [9.17, 15) is 10.2 Å². The maximum atomic E-state index is 9.38. The number of benzene rings is 2. The summed E-state index contributed by atoms with van der Waals surface area (Å²) >= 11 is 0. The van der Waals surface area contributed by atoms with Crippen molar-refractivity contribution in [3.05, 3.63) is 59.7 Å². The van der Waals surface area contributed by atoms with Crippen molar-refractivity contribution in [1.82, 2.24) is 0 Å². The van der Waals surface area contributed by atoms with E-state index in [4.69, 9.17) is 4.74 Å². The molecular formula is C19H22O3. The predicted molar refractivity (Wildman–Crippen MR) is 86.0 cm³/mol. The Morgan fingerprint density at radius 3 is 2.18 bits per heavy atom. The molecule has 1 aliphatic rings. The van der Waals surface area contributed by atoms with Crippen molar-refractivity contribution in [2.75, 3.05) is 0 Å². The van der Waals surface area contributed by atoms with Crippen molar-refractivity contribution < 1.29 is 14.9 Å². The smallest absolute Gasteiger partial charge is 0.115 e. The minimum atomic E-state index is 0.138. The zero-order chi connectivity index (χ0) is 15.4. The highest BCUT2D eigenvalue weighted by atomic mass is 16.5. The third-order valence-corrected chi connectivity index (χ3v) is 4.31. The first-order chi connectivity index (χ1) is 10.7. The lowest BCUT2D eigenvalue weighted by Gasteiger charge is -2.30. The van der Waals surface area contributed by atoms with Gasteiger partial charge in [-0.2, -0.15) is 0 Å². The summed E-state index contributed by atoms with van der Waals surface area (Å²) in [5.74, 6) is 0.605. The number of phenolic OH excluding ortho intramolecular Hbond substituents is 2. The Hall–Kier alpha value is -2.00. The quantitative estimate of drug-likeness (QED) is 0.882. The van der Waals surface area contributed by atoms with Gasteiger partial charge in [-0.05, 0) is 67.5 Å². The molecule has 1 aliphatic heterocycles. The normalized spacial score (nSPS) is 21.6. The van der Waals surface area contributed by atoms with Gasteiger partial charge >= 0.3 is 0 Å². The molecule has 0 aromatic heterocycles. The van der Waals surface area contributed by atoms with Crippen molar-refractivity contribution >= 4 is 0 Å². The van der Waals surface area contributed by atoms with Crippen LogP contribution in [0.2, 0.25) is 0 Å². The van der Waals surface area contributed by atoms with Gasteiger partial charge in [0.1, 0.15) is 11.5 Å². The molecule has 2 aromatic rings. The molecule has 0 aliphatic carbocycles. The van der Waals surface area contributed by atoms with E-state index in [1.807, 2.05) is 24.3 Å². The molecule has 3 nitrogen and oxygen atoms in total. The summed E-state index contributed by atoms with van der Waals surface area (Å²) in [4.78, 5) is 0. The van der Waals surface area contributed by atoms with Gasteiger partial charge in [0.05, 0.1) is 12.2 Å². The second kappa shape index (κ2) is 6.84. The molecule has 3 rings (SSSR count). The van der Waals surface area contributed by atoms with Crippen LogP contribution in [0.15, 0.2) is 48.5 Å². The van der Waals surface area contributed by atoms with Crippen LogP contribution in [0.25, 0.3) is 0 Å². The first-order valence-electron chi connectivity index (χ1n) is 7.93. The summed E-state index contributed by atoms with van der Waals surface area (Å²) in [6, 6.07) is 14.7. The molecule has 2 atom stereocenters. The first-order valence-corrected chi connectivity index (χ1v) is 7.93. The average molecular weight is 298 g/mol. The lowest BCUT2D eigenvalue weighted by Crippen LogP contribution is -2.23. The number of ether oxygens (including phenoxy) is 1. The summed E-state index contributed by atoms with van der Waals surface area (Å²) < 4.78 is 6.23. The molecule has 1 fully saturated rings. The summed E-state index contributed by atoms with van der Waals surface area (Å²) in [7, 11) is 0. The van der Waals surface area contributed by atoms with Gasteiger partial charge in [-0.1, -0.05) is 24.3 Å². The van der Waals surface area contributed by atoms with E-state index in [2.05, 4.69) is 0 Å². The van der Waals surface area contributed by atoms with E-state index in [0.717, 1.165) is 31.2 Å². The molecule has 22 heavy (non-hydrogen) atoms. The van der Waals surface area contributed by atoms with Crippen molar-refractivity contribution in [1.29, 1.82) is 0 Å². The Labute approximate surface area is 131 Å². The van der Waals surface area contributed by atoms with E-state index in [0.29, 0.717) is 11.5 Å². The Morgan fingerprint density at radius 2 is 1.50 bits per heavy atom. The number of aryl methyl sites for hydroxylation is 1. The molecule has 3 heteroatoms. The number of hydrogen-bond donors (Lipinski definition) is 2. The van der Waals surface area contributed by atoms with Crippen LogP contribution in [0.4, 0.5) is 0 Å². The van der Waals surface area contributed by atoms with Crippen molar-refractivity contribution in [3.63, 3.8) is 0 Å². The number of aromatic hydroxyl groups is 2. The number of hydrogen-bond acceptors (Lipinski definition) is 3. The minimum Gasteiger partial charge on any atom is -0.508 e. The van der Waals surface area contributed by atoms with Crippen molar-refractivity contribution in [2.45, 2.75) is 44.3 Å². The standard InChI is InChI=1S/C19H22O3/c20-16-9-4-14(5-10-16)6-13-18-2-1-3-19(22-18)15-7-11-17(21)12-8-15/h4-5,7-12,18-21H,1-3,6,13H2/t18-,19-/m1/s1. The lowest BCUT2D eigenvalue weighted by atomic mass is 9.95. The Balaban J connectivity index is 1.56. The maximum absolute atomic E-state index is 9.38. The van der Waals surface area contributed by atoms with Gasteiger partial charge in [0, 0.05) is 0 Å². The lowest BCUT2D eigenvalue weighted by molar-refractivity contribution is -0.0546. The maximum Gasteiger partial charge on any atom is 0.115 e. The van der Waals surface area contributed by atoms with Crippen LogP contribution in [-0.2, 0) is 11.2 Å². The van der Waals surface area contributed by atoms with Gasteiger partial charge < -0.3 is 14.9 Å². The van der Waals surface area contributed by atoms with Crippen LogP contribution in [0.5, 0.6) is 11.5 Å². The topological polar surface area (TPSA) is 49.7 Å². The second-order valence-electron chi connectivity index (χ2n) is 5.97. The molecule has 2 aromatic carbocycles. The third-order valence-electron chi connectivity index (χ3n) is 4.31. The average Bonchev–Trinajstić information content (AvgIpc) is 2.55. The fourth-order valence-electron chi connectivity index (χ4n) is 3.04. The number of phenols is 2. The third kappa shape index (κ3) is 3.80. The van der Waals surface area contributed by atoms with Crippen LogP contribution in [0, 0.1) is 0 Å². The van der Waals surface area contributed by atoms with E-state index in [1.54, 1.807) is 24.3 Å². The molecule has 0 unspecified atom stereocenters. The highest BCUT2D eigenvalue weighted by Crippen LogP contribution is 2.33. The largest absolute Gasteiger partial charge is 0.508 e. The Morgan fingerprint density at radius 1 is 0.864 bits per heavy atom. The van der Waals surface area contributed by atoms with Gasteiger partial charge in [-0.15, -0.1) is 0 Å². The monoisotopic (exact) mass is 298 g/mol. The zero-order valence-corrected chi connectivity index (χ0v) is 12.6. The molecule has 2 N–H and O–H groups in total. The van der Waals surface area contributed by atoms with Crippen molar-refractivity contribution in [2.24, 2.45) is 0 Å². The molecule has 116 valence electrons. The fourth-order valence-corrected chi connectivity index (χ4v) is 3.04. The molecule has 0 amide bonds. The van der Waals surface area contributed by atoms with E-state index in [1.165, 1.54) is 12.0 Å². The minimum absolute atomic E-state index is 0.138. The Kier molecular flexibility index (Phi) is 4.64. The van der Waals surface area contributed by atoms with E-state index >= 15 is 0 Å². The van der Waals surface area contributed by atoms with Crippen molar-refractivity contribution in [3.8, 4) is 11.5 Å². The molecule has 0 bridgehead atoms. The SMILES string of the molecule is Oc1ccc(CC[C@H]2CCC[C@H](c3ccc(O)cc3)O2)cc1. The van der Waals surface area contributed by atoms with Crippen LogP contribution < -0.4 is 0 Å². The van der Waals surface area contributed by atoms with Crippen LogP contribution in [0.3, 0.4) is 0 Å². The highest BCUT2D eigenvalue weighted by Gasteiger charge is 2.23. The summed E-state index contributed by atoms with van der Waals surface area (Å²) in [5, 5.41) is 18.7. The Bertz CT molecular complexity index is 589. The molecule has 1 heterocycles. The fraction of sp³-hybridized carbons (Fsp3) is 0.368. The molecular weight excluding hydrogens is 276 g/mol.